The molecule has 0 spiro atoms. The van der Waals surface area contributed by atoms with Crippen LogP contribution in [0.4, 0.5) is 0 Å². The third-order valence-corrected chi connectivity index (χ3v) is 8.37. The lowest BCUT2D eigenvalue weighted by Crippen LogP contribution is -2.56. The van der Waals surface area contributed by atoms with Gasteiger partial charge in [-0.2, -0.15) is 0 Å². The maximum absolute atomic E-state index is 6.13. The zero-order chi connectivity index (χ0) is 13.9. The molecule has 0 aromatic heterocycles. The van der Waals surface area contributed by atoms with Crippen LogP contribution in [-0.2, 0) is 13.3 Å². The summed E-state index contributed by atoms with van der Waals surface area (Å²) in [6, 6.07) is 0. The SMILES string of the molecule is CCO[Si](OCC)(OCC)[C]1CC2CCC1(CC)C2. The quantitative estimate of drug-likeness (QED) is 0.636. The summed E-state index contributed by atoms with van der Waals surface area (Å²) in [7, 11) is -2.59. The van der Waals surface area contributed by atoms with Gasteiger partial charge in [0.2, 0.25) is 0 Å². The molecule has 2 atom stereocenters. The fraction of sp³-hybridized carbons (Fsp3) is 0.933. The molecule has 0 heterocycles. The van der Waals surface area contributed by atoms with Crippen LogP contribution in [-0.4, -0.2) is 28.6 Å². The smallest absolute Gasteiger partial charge is 0.373 e. The fourth-order valence-electron chi connectivity index (χ4n) is 4.13. The highest BCUT2D eigenvalue weighted by molar-refractivity contribution is 6.67. The second-order valence-corrected chi connectivity index (χ2v) is 8.36. The van der Waals surface area contributed by atoms with Crippen molar-refractivity contribution in [2.45, 2.75) is 59.8 Å². The van der Waals surface area contributed by atoms with Crippen LogP contribution in [0.25, 0.3) is 0 Å². The highest BCUT2D eigenvalue weighted by atomic mass is 28.4. The van der Waals surface area contributed by atoms with E-state index in [0.29, 0.717) is 25.2 Å². The summed E-state index contributed by atoms with van der Waals surface area (Å²) in [6.07, 6.45) is 6.42. The van der Waals surface area contributed by atoms with E-state index in [1.165, 1.54) is 37.6 Å². The largest absolute Gasteiger partial charge is 0.508 e. The minimum Gasteiger partial charge on any atom is -0.373 e. The second kappa shape index (κ2) is 6.25. The van der Waals surface area contributed by atoms with Crippen molar-refractivity contribution in [2.75, 3.05) is 19.8 Å². The third-order valence-electron chi connectivity index (χ3n) is 4.89. The van der Waals surface area contributed by atoms with Crippen molar-refractivity contribution in [3.8, 4) is 0 Å². The maximum Gasteiger partial charge on any atom is 0.508 e. The summed E-state index contributed by atoms with van der Waals surface area (Å²) in [6.45, 7) is 10.5. The molecular weight excluding hydrogens is 256 g/mol. The van der Waals surface area contributed by atoms with Crippen molar-refractivity contribution < 1.29 is 13.3 Å². The lowest BCUT2D eigenvalue weighted by Gasteiger charge is -2.42. The molecule has 19 heavy (non-hydrogen) atoms. The molecule has 2 unspecified atom stereocenters. The molecule has 2 aliphatic rings. The van der Waals surface area contributed by atoms with Gasteiger partial charge in [-0.15, -0.1) is 0 Å². The summed E-state index contributed by atoms with van der Waals surface area (Å²) in [5.41, 5.74) is 1.88. The van der Waals surface area contributed by atoms with E-state index in [2.05, 4.69) is 6.92 Å². The van der Waals surface area contributed by atoms with E-state index in [9.17, 15) is 0 Å². The molecule has 111 valence electrons. The lowest BCUT2D eigenvalue weighted by atomic mass is 9.81. The van der Waals surface area contributed by atoms with Crippen LogP contribution >= 0.6 is 0 Å². The first-order valence-corrected chi connectivity index (χ1v) is 9.67. The highest BCUT2D eigenvalue weighted by Crippen LogP contribution is 2.63. The number of rotatable bonds is 8. The van der Waals surface area contributed by atoms with Gasteiger partial charge < -0.3 is 13.3 Å². The Morgan fingerprint density at radius 2 is 1.63 bits per heavy atom. The van der Waals surface area contributed by atoms with Gasteiger partial charge in [0.1, 0.15) is 0 Å². The summed E-state index contributed by atoms with van der Waals surface area (Å²) in [4.78, 5) is 0. The Labute approximate surface area is 119 Å². The van der Waals surface area contributed by atoms with Crippen molar-refractivity contribution in [1.82, 2.24) is 0 Å². The molecular formula is C15H29O3Si. The third kappa shape index (κ3) is 2.65. The highest BCUT2D eigenvalue weighted by Gasteiger charge is 2.64. The second-order valence-electron chi connectivity index (χ2n) is 5.78. The Bertz CT molecular complexity index is 280. The molecule has 2 rings (SSSR count). The van der Waals surface area contributed by atoms with Crippen LogP contribution in [0.1, 0.15) is 59.8 Å². The Balaban J connectivity index is 2.26. The van der Waals surface area contributed by atoms with Gasteiger partial charge in [0, 0.05) is 19.8 Å². The number of hydrogen-bond donors (Lipinski definition) is 0. The van der Waals surface area contributed by atoms with Gasteiger partial charge >= 0.3 is 8.80 Å². The van der Waals surface area contributed by atoms with Crippen LogP contribution in [0.3, 0.4) is 0 Å². The average Bonchev–Trinajstić information content (AvgIpc) is 2.98. The van der Waals surface area contributed by atoms with Crippen LogP contribution in [0, 0.1) is 16.9 Å². The van der Waals surface area contributed by atoms with Gasteiger partial charge in [-0.1, -0.05) is 6.92 Å². The van der Waals surface area contributed by atoms with Gasteiger partial charge in [-0.3, -0.25) is 0 Å². The number of fused-ring (bicyclic) bond motifs is 2. The van der Waals surface area contributed by atoms with E-state index in [-0.39, 0.29) is 0 Å². The first-order chi connectivity index (χ1) is 9.16. The van der Waals surface area contributed by atoms with Crippen LogP contribution in [0.15, 0.2) is 0 Å². The first-order valence-electron chi connectivity index (χ1n) is 7.95. The molecule has 0 N–H and O–H groups in total. The molecule has 3 nitrogen and oxygen atoms in total. The van der Waals surface area contributed by atoms with E-state index in [1.807, 2.05) is 20.8 Å². The average molecular weight is 285 g/mol. The molecule has 2 fully saturated rings. The van der Waals surface area contributed by atoms with Crippen LogP contribution < -0.4 is 0 Å². The standard InChI is InChI=1S/C15H29O3Si/c1-5-15-10-9-13(12-15)11-14(15)19(16-6-2,17-7-3)18-8-4/h13H,5-12H2,1-4H3. The minimum atomic E-state index is -2.59. The fourth-order valence-corrected chi connectivity index (χ4v) is 7.64. The van der Waals surface area contributed by atoms with E-state index in [0.717, 1.165) is 5.92 Å². The number of hydrogen-bond acceptors (Lipinski definition) is 3. The van der Waals surface area contributed by atoms with E-state index >= 15 is 0 Å². The Morgan fingerprint density at radius 1 is 1.05 bits per heavy atom. The van der Waals surface area contributed by atoms with Crippen molar-refractivity contribution >= 4 is 8.80 Å². The van der Waals surface area contributed by atoms with Gasteiger partial charge in [0.05, 0.1) is 5.54 Å². The first kappa shape index (κ1) is 15.5. The Hall–Kier alpha value is 0.0969. The van der Waals surface area contributed by atoms with E-state index < -0.39 is 8.80 Å². The van der Waals surface area contributed by atoms with Gasteiger partial charge in [0.15, 0.2) is 0 Å². The van der Waals surface area contributed by atoms with Gasteiger partial charge in [-0.25, -0.2) is 0 Å². The molecule has 2 aliphatic carbocycles. The van der Waals surface area contributed by atoms with Crippen LogP contribution in [0.5, 0.6) is 0 Å². The molecule has 1 radical (unpaired) electrons. The maximum atomic E-state index is 6.13. The lowest BCUT2D eigenvalue weighted by molar-refractivity contribution is 0.0616. The van der Waals surface area contributed by atoms with Gasteiger partial charge in [-0.05, 0) is 64.2 Å². The summed E-state index contributed by atoms with van der Waals surface area (Å²) >= 11 is 0. The van der Waals surface area contributed by atoms with Crippen LogP contribution in [0.2, 0.25) is 0 Å². The monoisotopic (exact) mass is 285 g/mol. The molecule has 0 aromatic rings. The van der Waals surface area contributed by atoms with Crippen molar-refractivity contribution in [3.05, 3.63) is 5.54 Å². The summed E-state index contributed by atoms with van der Waals surface area (Å²) < 4.78 is 18.4. The van der Waals surface area contributed by atoms with E-state index in [1.54, 1.807) is 0 Å². The predicted octanol–water partition coefficient (Wildman–Crippen LogP) is 3.75. The molecule has 0 aromatic carbocycles. The molecule has 0 amide bonds. The zero-order valence-electron chi connectivity index (χ0n) is 13.0. The van der Waals surface area contributed by atoms with Gasteiger partial charge in [0.25, 0.3) is 0 Å². The molecule has 0 saturated heterocycles. The molecule has 4 heteroatoms. The van der Waals surface area contributed by atoms with Crippen molar-refractivity contribution in [2.24, 2.45) is 11.3 Å². The van der Waals surface area contributed by atoms with Crippen molar-refractivity contribution in [3.63, 3.8) is 0 Å². The summed E-state index contributed by atoms with van der Waals surface area (Å²) in [5.74, 6) is 0.850. The Morgan fingerprint density at radius 3 is 2.05 bits per heavy atom. The van der Waals surface area contributed by atoms with E-state index in [4.69, 9.17) is 13.3 Å². The molecule has 2 bridgehead atoms. The summed E-state index contributed by atoms with van der Waals surface area (Å²) in [5, 5.41) is 0. The normalized spacial score (nSPS) is 31.3. The molecule has 0 aliphatic heterocycles. The predicted molar refractivity (Wildman–Crippen MR) is 78.6 cm³/mol. The minimum absolute atomic E-state index is 0.358. The van der Waals surface area contributed by atoms with Crippen molar-refractivity contribution in [1.29, 1.82) is 0 Å². The Kier molecular flexibility index (Phi) is 5.09. The topological polar surface area (TPSA) is 27.7 Å². The zero-order valence-corrected chi connectivity index (χ0v) is 14.0. The molecule has 2 saturated carbocycles.